The zero-order valence-corrected chi connectivity index (χ0v) is 17.3. The number of hydrogen-bond acceptors (Lipinski definition) is 0. The first-order chi connectivity index (χ1) is 14.3. The molecule has 1 heteroatoms. The summed E-state index contributed by atoms with van der Waals surface area (Å²) in [5, 5.41) is 2.67. The van der Waals surface area contributed by atoms with Crippen LogP contribution in [0.25, 0.3) is 55.3 Å². The van der Waals surface area contributed by atoms with Crippen LogP contribution in [0.2, 0.25) is 0 Å². The molecule has 136 valence electrons. The number of fused-ring (bicyclic) bond motifs is 3. The molecule has 0 atom stereocenters. The lowest BCUT2D eigenvalue weighted by Gasteiger charge is -2.11. The summed E-state index contributed by atoms with van der Waals surface area (Å²) in [6.07, 6.45) is 0. The fraction of sp³-hybridized carbons (Fsp3) is 0. The molecule has 0 bridgehead atoms. The molecule has 0 N–H and O–H groups in total. The van der Waals surface area contributed by atoms with Gasteiger partial charge in [-0.3, -0.25) is 0 Å². The molecule has 0 radical (unpaired) electrons. The van der Waals surface area contributed by atoms with Crippen LogP contribution in [0, 0.1) is 0 Å². The molecule has 0 saturated carbocycles. The molecule has 0 spiro atoms. The van der Waals surface area contributed by atoms with Crippen molar-refractivity contribution in [1.29, 1.82) is 0 Å². The van der Waals surface area contributed by atoms with Gasteiger partial charge in [-0.2, -0.15) is 0 Å². The van der Waals surface area contributed by atoms with Gasteiger partial charge in [0.2, 0.25) is 0 Å². The molecule has 1 aliphatic rings. The summed E-state index contributed by atoms with van der Waals surface area (Å²) < 4.78 is 1.10. The molecule has 6 rings (SSSR count). The maximum absolute atomic E-state index is 3.56. The van der Waals surface area contributed by atoms with E-state index in [1.165, 1.54) is 55.3 Å². The Morgan fingerprint density at radius 1 is 0.448 bits per heavy atom. The summed E-state index contributed by atoms with van der Waals surface area (Å²) >= 11 is 3.56. The maximum atomic E-state index is 3.56. The predicted molar refractivity (Wildman–Crippen MR) is 127 cm³/mol. The zero-order chi connectivity index (χ0) is 19.4. The molecule has 0 unspecified atom stereocenters. The van der Waals surface area contributed by atoms with Crippen LogP contribution in [0.4, 0.5) is 0 Å². The molecule has 5 aromatic rings. The Bertz CT molecular complexity index is 1380. The SMILES string of the molecule is Brc1ccc(-c2ccc3cccc4c3c2-c2ccc(-c3ccccc3)cc2-4)cc1. The van der Waals surface area contributed by atoms with E-state index < -0.39 is 0 Å². The fourth-order valence-corrected chi connectivity index (χ4v) is 4.81. The molecule has 0 aromatic heterocycles. The monoisotopic (exact) mass is 432 g/mol. The fourth-order valence-electron chi connectivity index (χ4n) is 4.55. The first kappa shape index (κ1) is 16.8. The lowest BCUT2D eigenvalue weighted by molar-refractivity contribution is 1.60. The van der Waals surface area contributed by atoms with Gasteiger partial charge in [0.25, 0.3) is 0 Å². The van der Waals surface area contributed by atoms with Crippen molar-refractivity contribution in [2.45, 2.75) is 0 Å². The van der Waals surface area contributed by atoms with Gasteiger partial charge in [0, 0.05) is 4.47 Å². The van der Waals surface area contributed by atoms with Crippen molar-refractivity contribution >= 4 is 26.7 Å². The third-order valence-electron chi connectivity index (χ3n) is 5.89. The average Bonchev–Trinajstić information content (AvgIpc) is 3.11. The molecule has 0 fully saturated rings. The van der Waals surface area contributed by atoms with E-state index in [-0.39, 0.29) is 0 Å². The minimum Gasteiger partial charge on any atom is -0.0622 e. The van der Waals surface area contributed by atoms with Crippen molar-refractivity contribution in [2.75, 3.05) is 0 Å². The molecular formula is C28H17Br. The van der Waals surface area contributed by atoms with Gasteiger partial charge in [-0.1, -0.05) is 101 Å². The summed E-state index contributed by atoms with van der Waals surface area (Å²) in [4.78, 5) is 0. The Labute approximate surface area is 178 Å². The van der Waals surface area contributed by atoms with Gasteiger partial charge >= 0.3 is 0 Å². The maximum Gasteiger partial charge on any atom is 0.0175 e. The Balaban J connectivity index is 1.64. The van der Waals surface area contributed by atoms with E-state index in [1.54, 1.807) is 0 Å². The molecule has 0 heterocycles. The Morgan fingerprint density at radius 3 is 2.03 bits per heavy atom. The van der Waals surface area contributed by atoms with Crippen molar-refractivity contribution in [1.82, 2.24) is 0 Å². The quantitative estimate of drug-likeness (QED) is 0.257. The number of rotatable bonds is 2. The van der Waals surface area contributed by atoms with Crippen LogP contribution in [0.15, 0.2) is 108 Å². The second-order valence-corrected chi connectivity index (χ2v) is 8.44. The number of benzene rings is 5. The normalized spacial score (nSPS) is 11.6. The molecule has 0 saturated heterocycles. The summed E-state index contributed by atoms with van der Waals surface area (Å²) in [7, 11) is 0. The highest BCUT2D eigenvalue weighted by atomic mass is 79.9. The van der Waals surface area contributed by atoms with Gasteiger partial charge in [-0.05, 0) is 73.5 Å². The van der Waals surface area contributed by atoms with E-state index in [0.29, 0.717) is 0 Å². The molecule has 0 nitrogen and oxygen atoms in total. The smallest absolute Gasteiger partial charge is 0.0175 e. The van der Waals surface area contributed by atoms with Gasteiger partial charge in [-0.15, -0.1) is 0 Å². The zero-order valence-electron chi connectivity index (χ0n) is 15.7. The molecule has 1 aliphatic carbocycles. The Kier molecular flexibility index (Phi) is 3.72. The van der Waals surface area contributed by atoms with Crippen molar-refractivity contribution < 1.29 is 0 Å². The van der Waals surface area contributed by atoms with E-state index in [1.807, 2.05) is 0 Å². The van der Waals surface area contributed by atoms with Gasteiger partial charge in [0.05, 0.1) is 0 Å². The van der Waals surface area contributed by atoms with Crippen LogP contribution in [-0.4, -0.2) is 0 Å². The standard InChI is InChI=1S/C28H17Br/c29-22-13-9-19(10-14-22)23-15-11-20-7-4-8-24-26-17-21(18-5-2-1-3-6-18)12-16-25(26)28(23)27(20)24/h1-17H. The topological polar surface area (TPSA) is 0 Å². The second-order valence-electron chi connectivity index (χ2n) is 7.53. The van der Waals surface area contributed by atoms with Crippen molar-refractivity contribution in [2.24, 2.45) is 0 Å². The Hall–Kier alpha value is -3.16. The van der Waals surface area contributed by atoms with Gasteiger partial charge in [0.15, 0.2) is 0 Å². The third-order valence-corrected chi connectivity index (χ3v) is 6.42. The van der Waals surface area contributed by atoms with Crippen LogP contribution < -0.4 is 0 Å². The molecule has 5 aromatic carbocycles. The Morgan fingerprint density at radius 2 is 1.21 bits per heavy atom. The lowest BCUT2D eigenvalue weighted by Crippen LogP contribution is -1.85. The number of hydrogen-bond donors (Lipinski definition) is 0. The molecular weight excluding hydrogens is 416 g/mol. The van der Waals surface area contributed by atoms with Crippen molar-refractivity contribution in [3.63, 3.8) is 0 Å². The van der Waals surface area contributed by atoms with Crippen LogP contribution in [0.1, 0.15) is 0 Å². The first-order valence-electron chi connectivity index (χ1n) is 9.81. The van der Waals surface area contributed by atoms with Crippen molar-refractivity contribution in [3.05, 3.63) is 108 Å². The first-order valence-corrected chi connectivity index (χ1v) is 10.6. The van der Waals surface area contributed by atoms with Crippen LogP contribution in [0.5, 0.6) is 0 Å². The third kappa shape index (κ3) is 2.58. The lowest BCUT2D eigenvalue weighted by atomic mass is 9.92. The summed E-state index contributed by atoms with van der Waals surface area (Å²) in [5.74, 6) is 0. The summed E-state index contributed by atoms with van der Waals surface area (Å²) in [5.41, 5.74) is 10.4. The van der Waals surface area contributed by atoms with Gasteiger partial charge in [-0.25, -0.2) is 0 Å². The molecule has 29 heavy (non-hydrogen) atoms. The van der Waals surface area contributed by atoms with Crippen LogP contribution in [-0.2, 0) is 0 Å². The van der Waals surface area contributed by atoms with E-state index in [9.17, 15) is 0 Å². The van der Waals surface area contributed by atoms with E-state index in [0.717, 1.165) is 4.47 Å². The highest BCUT2D eigenvalue weighted by Gasteiger charge is 2.24. The van der Waals surface area contributed by atoms with Crippen LogP contribution in [0.3, 0.4) is 0 Å². The molecule has 0 amide bonds. The van der Waals surface area contributed by atoms with Crippen molar-refractivity contribution in [3.8, 4) is 44.5 Å². The largest absolute Gasteiger partial charge is 0.0622 e. The van der Waals surface area contributed by atoms with Crippen LogP contribution >= 0.6 is 15.9 Å². The minimum atomic E-state index is 1.10. The second kappa shape index (κ2) is 6.43. The van der Waals surface area contributed by atoms with E-state index in [2.05, 4.69) is 119 Å². The summed E-state index contributed by atoms with van der Waals surface area (Å²) in [6, 6.07) is 37.3. The minimum absolute atomic E-state index is 1.10. The number of halogens is 1. The summed E-state index contributed by atoms with van der Waals surface area (Å²) in [6.45, 7) is 0. The predicted octanol–water partition coefficient (Wildman–Crippen LogP) is 8.58. The van der Waals surface area contributed by atoms with E-state index >= 15 is 0 Å². The highest BCUT2D eigenvalue weighted by molar-refractivity contribution is 9.10. The molecule has 0 aliphatic heterocycles. The van der Waals surface area contributed by atoms with Gasteiger partial charge < -0.3 is 0 Å². The van der Waals surface area contributed by atoms with E-state index in [4.69, 9.17) is 0 Å². The highest BCUT2D eigenvalue weighted by Crippen LogP contribution is 2.51. The van der Waals surface area contributed by atoms with Gasteiger partial charge in [0.1, 0.15) is 0 Å². The average molecular weight is 433 g/mol.